The van der Waals surface area contributed by atoms with Crippen LogP contribution in [0.2, 0.25) is 5.02 Å². The van der Waals surface area contributed by atoms with Crippen LogP contribution in [0.25, 0.3) is 0 Å². The second-order valence-corrected chi connectivity index (χ2v) is 5.61. The van der Waals surface area contributed by atoms with E-state index >= 15 is 0 Å². The third kappa shape index (κ3) is 4.54. The van der Waals surface area contributed by atoms with Gasteiger partial charge in [0.2, 0.25) is 0 Å². The fourth-order valence-electron chi connectivity index (χ4n) is 2.14. The lowest BCUT2D eigenvalue weighted by molar-refractivity contribution is 0.0658. The van der Waals surface area contributed by atoms with Crippen LogP contribution >= 0.6 is 27.5 Å². The van der Waals surface area contributed by atoms with E-state index in [4.69, 9.17) is 16.3 Å². The van der Waals surface area contributed by atoms with Crippen molar-refractivity contribution < 1.29 is 4.74 Å². The molecule has 0 heterocycles. The molecule has 0 saturated carbocycles. The van der Waals surface area contributed by atoms with Gasteiger partial charge < -0.3 is 10.1 Å². The molecule has 0 aromatic heterocycles. The lowest BCUT2D eigenvalue weighted by Gasteiger charge is -2.26. The monoisotopic (exact) mass is 333 g/mol. The van der Waals surface area contributed by atoms with Crippen LogP contribution in [-0.4, -0.2) is 25.8 Å². The van der Waals surface area contributed by atoms with E-state index < -0.39 is 0 Å². The van der Waals surface area contributed by atoms with Crippen molar-refractivity contribution in [1.82, 2.24) is 5.32 Å². The van der Waals surface area contributed by atoms with Crippen LogP contribution in [-0.2, 0) is 11.2 Å². The van der Waals surface area contributed by atoms with E-state index in [-0.39, 0.29) is 6.10 Å². The number of ether oxygens (including phenoxy) is 1. The average molecular weight is 335 g/mol. The maximum Gasteiger partial charge on any atom is 0.0724 e. The number of benzene rings is 1. The predicted octanol–water partition coefficient (Wildman–Crippen LogP) is 4.05. The summed E-state index contributed by atoms with van der Waals surface area (Å²) in [7, 11) is 1.77. The summed E-state index contributed by atoms with van der Waals surface area (Å²) < 4.78 is 6.54. The summed E-state index contributed by atoms with van der Waals surface area (Å²) in [6.45, 7) is 5.18. The maximum absolute atomic E-state index is 6.27. The SMILES string of the molecule is CCNC(Cc1ccc(Br)cc1Cl)C(CC)OC. The van der Waals surface area contributed by atoms with Gasteiger partial charge in [0.15, 0.2) is 0 Å². The number of hydrogen-bond acceptors (Lipinski definition) is 2. The topological polar surface area (TPSA) is 21.3 Å². The molecule has 0 spiro atoms. The Balaban J connectivity index is 2.82. The molecule has 0 aliphatic carbocycles. The molecule has 0 amide bonds. The van der Waals surface area contributed by atoms with Gasteiger partial charge in [0.25, 0.3) is 0 Å². The maximum atomic E-state index is 6.27. The molecule has 1 rings (SSSR count). The van der Waals surface area contributed by atoms with Gasteiger partial charge in [-0.2, -0.15) is 0 Å². The molecule has 0 bridgehead atoms. The largest absolute Gasteiger partial charge is 0.380 e. The van der Waals surface area contributed by atoms with Crippen molar-refractivity contribution in [3.05, 3.63) is 33.3 Å². The minimum Gasteiger partial charge on any atom is -0.380 e. The highest BCUT2D eigenvalue weighted by Gasteiger charge is 2.20. The first-order chi connectivity index (χ1) is 8.62. The number of likely N-dealkylation sites (N-methyl/N-ethyl adjacent to an activating group) is 1. The van der Waals surface area contributed by atoms with E-state index in [9.17, 15) is 0 Å². The Kier molecular flexibility index (Phi) is 7.23. The molecule has 0 aliphatic rings. The first-order valence-corrected chi connectivity index (χ1v) is 7.49. The first-order valence-electron chi connectivity index (χ1n) is 6.32. The summed E-state index contributed by atoms with van der Waals surface area (Å²) in [5.74, 6) is 0. The van der Waals surface area contributed by atoms with Gasteiger partial charge in [0, 0.05) is 22.6 Å². The van der Waals surface area contributed by atoms with Crippen LogP contribution in [0.5, 0.6) is 0 Å². The summed E-state index contributed by atoms with van der Waals surface area (Å²) >= 11 is 9.69. The summed E-state index contributed by atoms with van der Waals surface area (Å²) in [4.78, 5) is 0. The van der Waals surface area contributed by atoms with Gasteiger partial charge in [0.1, 0.15) is 0 Å². The molecule has 2 atom stereocenters. The molecule has 0 radical (unpaired) electrons. The molecule has 1 aromatic carbocycles. The van der Waals surface area contributed by atoms with Crippen molar-refractivity contribution in [2.45, 2.75) is 38.8 Å². The third-order valence-electron chi connectivity index (χ3n) is 3.08. The van der Waals surface area contributed by atoms with Crippen LogP contribution < -0.4 is 5.32 Å². The Morgan fingerprint density at radius 1 is 1.39 bits per heavy atom. The molecule has 0 saturated heterocycles. The van der Waals surface area contributed by atoms with Gasteiger partial charge >= 0.3 is 0 Å². The highest BCUT2D eigenvalue weighted by Crippen LogP contribution is 2.23. The zero-order valence-corrected chi connectivity index (χ0v) is 13.5. The van der Waals surface area contributed by atoms with E-state index in [1.54, 1.807) is 7.11 Å². The van der Waals surface area contributed by atoms with Crippen molar-refractivity contribution in [3.63, 3.8) is 0 Å². The van der Waals surface area contributed by atoms with Crippen molar-refractivity contribution in [2.75, 3.05) is 13.7 Å². The van der Waals surface area contributed by atoms with E-state index in [1.807, 2.05) is 12.1 Å². The molecule has 0 fully saturated rings. The Hall–Kier alpha value is -0.0900. The molecule has 18 heavy (non-hydrogen) atoms. The van der Waals surface area contributed by atoms with E-state index in [0.29, 0.717) is 6.04 Å². The average Bonchev–Trinajstić information content (AvgIpc) is 2.34. The van der Waals surface area contributed by atoms with Crippen molar-refractivity contribution in [2.24, 2.45) is 0 Å². The summed E-state index contributed by atoms with van der Waals surface area (Å²) in [5, 5.41) is 4.28. The second-order valence-electron chi connectivity index (χ2n) is 4.29. The van der Waals surface area contributed by atoms with Crippen molar-refractivity contribution >= 4 is 27.5 Å². The van der Waals surface area contributed by atoms with Gasteiger partial charge in [-0.3, -0.25) is 0 Å². The fraction of sp³-hybridized carbons (Fsp3) is 0.571. The molecule has 2 nitrogen and oxygen atoms in total. The number of hydrogen-bond donors (Lipinski definition) is 1. The number of halogens is 2. The Morgan fingerprint density at radius 2 is 2.11 bits per heavy atom. The second kappa shape index (κ2) is 8.16. The molecule has 102 valence electrons. The van der Waals surface area contributed by atoms with Crippen molar-refractivity contribution in [1.29, 1.82) is 0 Å². The lowest BCUT2D eigenvalue weighted by atomic mass is 9.99. The zero-order chi connectivity index (χ0) is 13.5. The fourth-order valence-corrected chi connectivity index (χ4v) is 2.89. The van der Waals surface area contributed by atoms with Crippen LogP contribution in [0.1, 0.15) is 25.8 Å². The van der Waals surface area contributed by atoms with Crippen LogP contribution in [0, 0.1) is 0 Å². The van der Waals surface area contributed by atoms with Gasteiger partial charge in [-0.05, 0) is 37.1 Å². The first kappa shape index (κ1) is 16.0. The molecule has 1 aromatic rings. The molecule has 2 unspecified atom stereocenters. The molecular weight excluding hydrogens is 314 g/mol. The number of nitrogens with one attached hydrogen (secondary N) is 1. The van der Waals surface area contributed by atoms with Gasteiger partial charge in [0.05, 0.1) is 6.10 Å². The molecular formula is C14H21BrClNO. The number of rotatable bonds is 7. The van der Waals surface area contributed by atoms with Gasteiger partial charge in [-0.15, -0.1) is 0 Å². The smallest absolute Gasteiger partial charge is 0.0724 e. The Labute approximate surface area is 123 Å². The van der Waals surface area contributed by atoms with E-state index in [1.165, 1.54) is 0 Å². The minimum atomic E-state index is 0.213. The standard InChI is InChI=1S/C14H21BrClNO/c1-4-14(18-3)13(17-5-2)8-10-6-7-11(15)9-12(10)16/h6-7,9,13-14,17H,4-5,8H2,1-3H3. The highest BCUT2D eigenvalue weighted by atomic mass is 79.9. The molecule has 1 N–H and O–H groups in total. The Morgan fingerprint density at radius 3 is 2.61 bits per heavy atom. The predicted molar refractivity (Wildman–Crippen MR) is 81.4 cm³/mol. The third-order valence-corrected chi connectivity index (χ3v) is 3.92. The summed E-state index contributed by atoms with van der Waals surface area (Å²) in [6.07, 6.45) is 2.08. The normalized spacial score (nSPS) is 14.5. The zero-order valence-electron chi connectivity index (χ0n) is 11.2. The van der Waals surface area contributed by atoms with Gasteiger partial charge in [-0.1, -0.05) is 47.4 Å². The quantitative estimate of drug-likeness (QED) is 0.812. The highest BCUT2D eigenvalue weighted by molar-refractivity contribution is 9.10. The van der Waals surface area contributed by atoms with E-state index in [0.717, 1.165) is 34.4 Å². The lowest BCUT2D eigenvalue weighted by Crippen LogP contribution is -2.42. The summed E-state index contributed by atoms with van der Waals surface area (Å²) in [6, 6.07) is 6.33. The van der Waals surface area contributed by atoms with Crippen LogP contribution in [0.3, 0.4) is 0 Å². The Bertz CT molecular complexity index is 369. The summed E-state index contributed by atoms with van der Waals surface area (Å²) in [5.41, 5.74) is 1.15. The number of methoxy groups -OCH3 is 1. The van der Waals surface area contributed by atoms with Crippen LogP contribution in [0.15, 0.2) is 22.7 Å². The molecule has 4 heteroatoms. The van der Waals surface area contributed by atoms with Crippen molar-refractivity contribution in [3.8, 4) is 0 Å². The minimum absolute atomic E-state index is 0.213. The van der Waals surface area contributed by atoms with E-state index in [2.05, 4.69) is 41.2 Å². The van der Waals surface area contributed by atoms with Gasteiger partial charge in [-0.25, -0.2) is 0 Å². The molecule has 0 aliphatic heterocycles. The van der Waals surface area contributed by atoms with Crippen LogP contribution in [0.4, 0.5) is 0 Å².